The van der Waals surface area contributed by atoms with Crippen LogP contribution in [-0.2, 0) is 4.79 Å². The van der Waals surface area contributed by atoms with Gasteiger partial charge in [-0.3, -0.25) is 4.79 Å². The van der Waals surface area contributed by atoms with E-state index < -0.39 is 0 Å². The van der Waals surface area contributed by atoms with Gasteiger partial charge in [0.05, 0.1) is 5.69 Å². The number of anilines is 1. The number of benzene rings is 1. The van der Waals surface area contributed by atoms with Crippen molar-refractivity contribution in [3.05, 3.63) is 23.3 Å². The number of nitrogens with one attached hydrogen (secondary N) is 1. The summed E-state index contributed by atoms with van der Waals surface area (Å²) in [6.07, 6.45) is 4.73. The molecule has 2 N–H and O–H groups in total. The molecule has 92 valence electrons. The summed E-state index contributed by atoms with van der Waals surface area (Å²) in [7, 11) is 0. The maximum absolute atomic E-state index is 11.1. The second-order valence-electron chi connectivity index (χ2n) is 4.85. The van der Waals surface area contributed by atoms with E-state index in [0.717, 1.165) is 24.0 Å². The molecule has 17 heavy (non-hydrogen) atoms. The Labute approximate surface area is 102 Å². The zero-order valence-corrected chi connectivity index (χ0v) is 10.4. The van der Waals surface area contributed by atoms with Gasteiger partial charge in [-0.25, -0.2) is 0 Å². The fourth-order valence-corrected chi connectivity index (χ4v) is 2.73. The van der Waals surface area contributed by atoms with E-state index in [1.165, 1.54) is 19.8 Å². The van der Waals surface area contributed by atoms with Gasteiger partial charge < -0.3 is 10.4 Å². The first kappa shape index (κ1) is 12.0. The Morgan fingerprint density at radius 2 is 2.00 bits per heavy atom. The van der Waals surface area contributed by atoms with Gasteiger partial charge in [0, 0.05) is 12.5 Å². The minimum atomic E-state index is -0.151. The van der Waals surface area contributed by atoms with Crippen LogP contribution in [0.5, 0.6) is 5.75 Å². The fourth-order valence-electron chi connectivity index (χ4n) is 2.73. The van der Waals surface area contributed by atoms with Crippen LogP contribution in [0.2, 0.25) is 0 Å². The zero-order chi connectivity index (χ0) is 12.4. The van der Waals surface area contributed by atoms with Crippen LogP contribution in [0.25, 0.3) is 0 Å². The molecule has 2 rings (SSSR count). The van der Waals surface area contributed by atoms with Crippen LogP contribution >= 0.6 is 0 Å². The Morgan fingerprint density at radius 1 is 1.35 bits per heavy atom. The quantitative estimate of drug-likeness (QED) is 0.770. The highest BCUT2D eigenvalue weighted by Gasteiger charge is 2.23. The topological polar surface area (TPSA) is 49.3 Å². The third-order valence-electron chi connectivity index (χ3n) is 3.51. The number of aryl methyl sites for hydroxylation is 1. The smallest absolute Gasteiger partial charge is 0.221 e. The first-order valence-corrected chi connectivity index (χ1v) is 6.19. The standard InChI is InChI=1S/C14H19NO2/c1-9-7-8-12(15-10(2)16)14(17)13(9)11-5-3-4-6-11/h7-8,11,17H,3-6H2,1-2H3,(H,15,16). The predicted molar refractivity (Wildman–Crippen MR) is 68.4 cm³/mol. The summed E-state index contributed by atoms with van der Waals surface area (Å²) < 4.78 is 0. The second-order valence-corrected chi connectivity index (χ2v) is 4.85. The molecule has 3 nitrogen and oxygen atoms in total. The average molecular weight is 233 g/mol. The number of phenolic OH excluding ortho intramolecular Hbond substituents is 1. The fraction of sp³-hybridized carbons (Fsp3) is 0.500. The van der Waals surface area contributed by atoms with Crippen molar-refractivity contribution in [2.45, 2.75) is 45.4 Å². The molecule has 1 aromatic rings. The molecule has 3 heteroatoms. The molecule has 0 saturated heterocycles. The van der Waals surface area contributed by atoms with E-state index >= 15 is 0 Å². The van der Waals surface area contributed by atoms with Crippen LogP contribution < -0.4 is 5.32 Å². The third-order valence-corrected chi connectivity index (χ3v) is 3.51. The molecule has 0 aromatic heterocycles. The normalized spacial score (nSPS) is 16.1. The number of phenols is 1. The number of hydrogen-bond donors (Lipinski definition) is 2. The van der Waals surface area contributed by atoms with Crippen molar-refractivity contribution in [3.63, 3.8) is 0 Å². The summed E-state index contributed by atoms with van der Waals surface area (Å²) in [6, 6.07) is 3.74. The average Bonchev–Trinajstić information content (AvgIpc) is 2.75. The number of amides is 1. The van der Waals surface area contributed by atoms with Gasteiger partial charge in [-0.05, 0) is 37.3 Å². The van der Waals surface area contributed by atoms with E-state index in [9.17, 15) is 9.90 Å². The van der Waals surface area contributed by atoms with E-state index in [-0.39, 0.29) is 11.7 Å². The molecular formula is C14H19NO2. The molecule has 1 aliphatic rings. The molecule has 0 spiro atoms. The Hall–Kier alpha value is -1.51. The van der Waals surface area contributed by atoms with E-state index in [1.807, 2.05) is 13.0 Å². The van der Waals surface area contributed by atoms with Crippen LogP contribution in [-0.4, -0.2) is 11.0 Å². The Morgan fingerprint density at radius 3 is 2.59 bits per heavy atom. The number of aromatic hydroxyl groups is 1. The molecule has 1 fully saturated rings. The second kappa shape index (κ2) is 4.78. The lowest BCUT2D eigenvalue weighted by atomic mass is 9.92. The van der Waals surface area contributed by atoms with Gasteiger partial charge in [0.25, 0.3) is 0 Å². The maximum atomic E-state index is 11.1. The van der Waals surface area contributed by atoms with E-state index in [1.54, 1.807) is 6.07 Å². The van der Waals surface area contributed by atoms with Crippen LogP contribution in [0.4, 0.5) is 5.69 Å². The molecular weight excluding hydrogens is 214 g/mol. The zero-order valence-electron chi connectivity index (χ0n) is 10.4. The maximum Gasteiger partial charge on any atom is 0.221 e. The lowest BCUT2D eigenvalue weighted by Gasteiger charge is -2.17. The van der Waals surface area contributed by atoms with Crippen LogP contribution in [0.15, 0.2) is 12.1 Å². The lowest BCUT2D eigenvalue weighted by molar-refractivity contribution is -0.114. The van der Waals surface area contributed by atoms with Gasteiger partial charge in [0.2, 0.25) is 5.91 Å². The highest BCUT2D eigenvalue weighted by atomic mass is 16.3. The molecule has 0 bridgehead atoms. The minimum Gasteiger partial charge on any atom is -0.505 e. The van der Waals surface area contributed by atoms with Crippen molar-refractivity contribution in [3.8, 4) is 5.75 Å². The number of carbonyl (C=O) groups excluding carboxylic acids is 1. The summed E-state index contributed by atoms with van der Waals surface area (Å²) in [5.41, 5.74) is 2.67. The highest BCUT2D eigenvalue weighted by Crippen LogP contribution is 2.43. The van der Waals surface area contributed by atoms with Crippen molar-refractivity contribution in [1.82, 2.24) is 0 Å². The molecule has 0 atom stereocenters. The number of carbonyl (C=O) groups is 1. The largest absolute Gasteiger partial charge is 0.505 e. The monoisotopic (exact) mass is 233 g/mol. The van der Waals surface area contributed by atoms with Gasteiger partial charge >= 0.3 is 0 Å². The first-order chi connectivity index (χ1) is 8.09. The van der Waals surface area contributed by atoms with E-state index in [0.29, 0.717) is 11.6 Å². The van der Waals surface area contributed by atoms with Gasteiger partial charge in [-0.2, -0.15) is 0 Å². The van der Waals surface area contributed by atoms with Crippen LogP contribution in [0.3, 0.4) is 0 Å². The molecule has 0 heterocycles. The Kier molecular flexibility index (Phi) is 3.36. The first-order valence-electron chi connectivity index (χ1n) is 6.19. The van der Waals surface area contributed by atoms with Crippen molar-refractivity contribution < 1.29 is 9.90 Å². The van der Waals surface area contributed by atoms with Gasteiger partial charge in [0.15, 0.2) is 0 Å². The van der Waals surface area contributed by atoms with Gasteiger partial charge in [-0.1, -0.05) is 18.9 Å². The van der Waals surface area contributed by atoms with Gasteiger partial charge in [0.1, 0.15) is 5.75 Å². The molecule has 1 aromatic carbocycles. The van der Waals surface area contributed by atoms with Crippen molar-refractivity contribution in [2.75, 3.05) is 5.32 Å². The summed E-state index contributed by atoms with van der Waals surface area (Å²) in [5, 5.41) is 12.9. The molecule has 0 radical (unpaired) electrons. The van der Waals surface area contributed by atoms with E-state index in [4.69, 9.17) is 0 Å². The SMILES string of the molecule is CC(=O)Nc1ccc(C)c(C2CCCC2)c1O. The van der Waals surface area contributed by atoms with Crippen molar-refractivity contribution >= 4 is 11.6 Å². The molecule has 1 saturated carbocycles. The molecule has 0 aliphatic heterocycles. The molecule has 0 unspecified atom stereocenters. The molecule has 1 aliphatic carbocycles. The third kappa shape index (κ3) is 2.43. The van der Waals surface area contributed by atoms with Crippen molar-refractivity contribution in [1.29, 1.82) is 0 Å². The Bertz CT molecular complexity index is 434. The highest BCUT2D eigenvalue weighted by molar-refractivity contribution is 5.90. The summed E-state index contributed by atoms with van der Waals surface area (Å²) >= 11 is 0. The van der Waals surface area contributed by atoms with E-state index in [2.05, 4.69) is 5.32 Å². The number of hydrogen-bond acceptors (Lipinski definition) is 2. The minimum absolute atomic E-state index is 0.151. The van der Waals surface area contributed by atoms with Crippen LogP contribution in [0, 0.1) is 6.92 Å². The predicted octanol–water partition coefficient (Wildman–Crippen LogP) is 3.32. The summed E-state index contributed by atoms with van der Waals surface area (Å²) in [6.45, 7) is 3.47. The molecule has 1 amide bonds. The van der Waals surface area contributed by atoms with Crippen molar-refractivity contribution in [2.24, 2.45) is 0 Å². The van der Waals surface area contributed by atoms with Gasteiger partial charge in [-0.15, -0.1) is 0 Å². The Balaban J connectivity index is 2.38. The summed E-state index contributed by atoms with van der Waals surface area (Å²) in [4.78, 5) is 11.1. The number of rotatable bonds is 2. The van der Waals surface area contributed by atoms with Crippen LogP contribution in [0.1, 0.15) is 49.7 Å². The summed E-state index contributed by atoms with van der Waals surface area (Å²) in [5.74, 6) is 0.553. The lowest BCUT2D eigenvalue weighted by Crippen LogP contribution is -2.07.